The number of anilines is 1. The van der Waals surface area contributed by atoms with E-state index in [4.69, 9.17) is 4.74 Å². The van der Waals surface area contributed by atoms with Crippen LogP contribution in [-0.2, 0) is 24.8 Å². The summed E-state index contributed by atoms with van der Waals surface area (Å²) in [7, 11) is -2.01. The molecule has 1 aliphatic rings. The van der Waals surface area contributed by atoms with Gasteiger partial charge in [-0.2, -0.15) is 0 Å². The van der Waals surface area contributed by atoms with Crippen LogP contribution in [0.3, 0.4) is 0 Å². The summed E-state index contributed by atoms with van der Waals surface area (Å²) < 4.78 is 28.4. The maximum atomic E-state index is 12.5. The number of ketones is 1. The number of carbonyl (C=O) groups excluding carboxylic acids is 2. The number of hydrogen-bond acceptors (Lipinski definition) is 8. The first-order valence-electron chi connectivity index (χ1n) is 9.58. The summed E-state index contributed by atoms with van der Waals surface area (Å²) in [5, 5.41) is 11.2. The molecule has 0 saturated heterocycles. The third-order valence-electron chi connectivity index (χ3n) is 5.37. The number of nitrogens with zero attached hydrogens (tertiary/aromatic N) is 2. The second-order valence-electron chi connectivity index (χ2n) is 7.98. The number of fused-ring (bicyclic) bond motifs is 1. The molecule has 2 aromatic carbocycles. The molecule has 1 aliphatic heterocycles. The van der Waals surface area contributed by atoms with Gasteiger partial charge in [-0.3, -0.25) is 14.9 Å². The number of rotatable bonds is 6. The van der Waals surface area contributed by atoms with E-state index < -0.39 is 49.1 Å². The lowest BCUT2D eigenvalue weighted by Gasteiger charge is -2.23. The monoisotopic (exact) mass is 458 g/mol. The van der Waals surface area contributed by atoms with E-state index in [9.17, 15) is 28.1 Å². The van der Waals surface area contributed by atoms with Gasteiger partial charge in [0.15, 0.2) is 22.2 Å². The van der Waals surface area contributed by atoms with Gasteiger partial charge in [0.25, 0.3) is 5.69 Å². The fourth-order valence-corrected chi connectivity index (χ4v) is 4.60. The fourth-order valence-electron chi connectivity index (χ4n) is 3.77. The van der Waals surface area contributed by atoms with Crippen molar-refractivity contribution in [1.29, 1.82) is 0 Å². The molecular formula is C22H22N2O7S. The Hall–Kier alpha value is -3.53. The van der Waals surface area contributed by atoms with Gasteiger partial charge in [-0.25, -0.2) is 13.2 Å². The lowest BCUT2D eigenvalue weighted by atomic mass is 9.83. The summed E-state index contributed by atoms with van der Waals surface area (Å²) >= 11 is 0. The summed E-state index contributed by atoms with van der Waals surface area (Å²) in [6, 6.07) is 10.7. The molecule has 2 aromatic rings. The van der Waals surface area contributed by atoms with Crippen molar-refractivity contribution in [3.05, 3.63) is 75.5 Å². The molecule has 3 rings (SSSR count). The van der Waals surface area contributed by atoms with Crippen molar-refractivity contribution in [1.82, 2.24) is 0 Å². The minimum atomic E-state index is -3.86. The third kappa shape index (κ3) is 4.26. The van der Waals surface area contributed by atoms with Crippen molar-refractivity contribution in [2.45, 2.75) is 24.2 Å². The molecule has 9 nitrogen and oxygen atoms in total. The molecular weight excluding hydrogens is 436 g/mol. The van der Waals surface area contributed by atoms with Crippen molar-refractivity contribution in [2.75, 3.05) is 24.8 Å². The predicted molar refractivity (Wildman–Crippen MR) is 117 cm³/mol. The van der Waals surface area contributed by atoms with Crippen LogP contribution in [0.15, 0.2) is 59.1 Å². The lowest BCUT2D eigenvalue weighted by molar-refractivity contribution is -0.387. The van der Waals surface area contributed by atoms with E-state index in [1.54, 1.807) is 0 Å². The first kappa shape index (κ1) is 23.1. The Kier molecular flexibility index (Phi) is 5.92. The van der Waals surface area contributed by atoms with E-state index in [0.29, 0.717) is 0 Å². The maximum absolute atomic E-state index is 12.5. The van der Waals surface area contributed by atoms with Gasteiger partial charge in [-0.1, -0.05) is 32.0 Å². The third-order valence-corrected chi connectivity index (χ3v) is 6.52. The molecule has 0 radical (unpaired) electrons. The Morgan fingerprint density at radius 2 is 1.84 bits per heavy atom. The van der Waals surface area contributed by atoms with E-state index in [1.165, 1.54) is 6.08 Å². The highest BCUT2D eigenvalue weighted by atomic mass is 32.2. The second-order valence-corrected chi connectivity index (χ2v) is 9.97. The summed E-state index contributed by atoms with van der Waals surface area (Å²) in [4.78, 5) is 36.5. The smallest absolute Gasteiger partial charge is 0.338 e. The molecule has 0 bridgehead atoms. The minimum absolute atomic E-state index is 0.227. The lowest BCUT2D eigenvalue weighted by Crippen LogP contribution is -2.25. The number of nitro groups is 1. The van der Waals surface area contributed by atoms with Gasteiger partial charge in [-0.05, 0) is 23.8 Å². The Bertz CT molecular complexity index is 1260. The number of allylic oxidation sites excluding steroid dienone is 1. The fraction of sp³-hybridized carbons (Fsp3) is 0.273. The Balaban J connectivity index is 1.77. The molecule has 32 heavy (non-hydrogen) atoms. The molecule has 168 valence electrons. The molecule has 0 amide bonds. The number of benzene rings is 2. The van der Waals surface area contributed by atoms with Gasteiger partial charge in [-0.15, -0.1) is 0 Å². The van der Waals surface area contributed by atoms with E-state index in [2.05, 4.69) is 0 Å². The summed E-state index contributed by atoms with van der Waals surface area (Å²) in [5.41, 5.74) is 1.40. The first-order valence-corrected chi connectivity index (χ1v) is 11.5. The van der Waals surface area contributed by atoms with Gasteiger partial charge in [0.2, 0.25) is 0 Å². The summed E-state index contributed by atoms with van der Waals surface area (Å²) in [6.07, 6.45) is 2.25. The van der Waals surface area contributed by atoms with E-state index in [-0.39, 0.29) is 5.56 Å². The number of esters is 1. The predicted octanol–water partition coefficient (Wildman–Crippen LogP) is 3.04. The molecule has 0 atom stereocenters. The average molecular weight is 458 g/mol. The van der Waals surface area contributed by atoms with E-state index >= 15 is 0 Å². The SMILES string of the molecule is CN1/C(=C\C(=O)COC(=O)c2ccc(S(C)(=O)=O)c([N+](=O)[O-])c2)C(C)(C)c2ccccc21. The minimum Gasteiger partial charge on any atom is -0.454 e. The standard InChI is InChI=1S/C22H22N2O7S/c1-22(2)16-7-5-6-8-17(16)23(3)20(22)12-15(25)13-31-21(26)14-9-10-19(32(4,29)30)18(11-14)24(27)28/h5-12H,13H2,1-4H3/b20-12-. The number of likely N-dealkylation sites (N-methyl/N-ethyl adjacent to an activating group) is 1. The van der Waals surface area contributed by atoms with Crippen LogP contribution in [0.5, 0.6) is 0 Å². The highest BCUT2D eigenvalue weighted by Gasteiger charge is 2.38. The number of nitro benzene ring substituents is 1. The van der Waals surface area contributed by atoms with Crippen molar-refractivity contribution in [2.24, 2.45) is 0 Å². The zero-order valence-electron chi connectivity index (χ0n) is 18.0. The number of para-hydroxylation sites is 1. The molecule has 0 N–H and O–H groups in total. The first-order chi connectivity index (χ1) is 14.8. The molecule has 0 saturated carbocycles. The van der Waals surface area contributed by atoms with Crippen molar-refractivity contribution in [3.63, 3.8) is 0 Å². The molecule has 0 unspecified atom stereocenters. The van der Waals surface area contributed by atoms with Crippen molar-refractivity contribution < 1.29 is 27.7 Å². The zero-order valence-corrected chi connectivity index (χ0v) is 18.8. The highest BCUT2D eigenvalue weighted by molar-refractivity contribution is 7.90. The molecule has 1 heterocycles. The molecule has 0 fully saturated rings. The van der Waals surface area contributed by atoms with Crippen LogP contribution in [0.1, 0.15) is 29.8 Å². The van der Waals surface area contributed by atoms with Crippen LogP contribution in [-0.4, -0.2) is 45.0 Å². The van der Waals surface area contributed by atoms with Crippen LogP contribution in [0.25, 0.3) is 0 Å². The Morgan fingerprint density at radius 1 is 1.19 bits per heavy atom. The summed E-state index contributed by atoms with van der Waals surface area (Å²) in [6.45, 7) is 3.41. The Morgan fingerprint density at radius 3 is 2.44 bits per heavy atom. The van der Waals surface area contributed by atoms with E-state index in [1.807, 2.05) is 50.1 Å². The number of hydrogen-bond donors (Lipinski definition) is 0. The normalized spacial score (nSPS) is 16.0. The number of ether oxygens (including phenoxy) is 1. The molecule has 0 spiro atoms. The van der Waals surface area contributed by atoms with Crippen LogP contribution in [0, 0.1) is 10.1 Å². The molecule has 0 aliphatic carbocycles. The van der Waals surface area contributed by atoms with E-state index in [0.717, 1.165) is 41.4 Å². The van der Waals surface area contributed by atoms with Crippen molar-refractivity contribution >= 4 is 33.0 Å². The van der Waals surface area contributed by atoms with Crippen LogP contribution in [0.4, 0.5) is 11.4 Å². The van der Waals surface area contributed by atoms with Crippen LogP contribution >= 0.6 is 0 Å². The quantitative estimate of drug-likeness (QED) is 0.280. The molecule has 10 heteroatoms. The van der Waals surface area contributed by atoms with Gasteiger partial charge in [0.05, 0.1) is 10.5 Å². The topological polar surface area (TPSA) is 124 Å². The number of carbonyl (C=O) groups is 2. The maximum Gasteiger partial charge on any atom is 0.338 e. The second kappa shape index (κ2) is 8.19. The van der Waals surface area contributed by atoms with Crippen LogP contribution in [0.2, 0.25) is 0 Å². The van der Waals surface area contributed by atoms with Crippen molar-refractivity contribution in [3.8, 4) is 0 Å². The highest BCUT2D eigenvalue weighted by Crippen LogP contribution is 2.46. The largest absolute Gasteiger partial charge is 0.454 e. The van der Waals surface area contributed by atoms with Gasteiger partial charge in [0, 0.05) is 42.2 Å². The number of sulfone groups is 1. The zero-order chi connectivity index (χ0) is 23.8. The van der Waals surface area contributed by atoms with Gasteiger partial charge in [0.1, 0.15) is 4.90 Å². The van der Waals surface area contributed by atoms with Gasteiger partial charge >= 0.3 is 5.97 Å². The summed E-state index contributed by atoms with van der Waals surface area (Å²) in [5.74, 6) is -1.43. The Labute approximate surface area is 185 Å². The van der Waals surface area contributed by atoms with Crippen LogP contribution < -0.4 is 4.90 Å². The average Bonchev–Trinajstić information content (AvgIpc) is 2.91. The van der Waals surface area contributed by atoms with Gasteiger partial charge < -0.3 is 9.64 Å². The molecule has 0 aromatic heterocycles.